The van der Waals surface area contributed by atoms with Gasteiger partial charge < -0.3 is 4.74 Å². The minimum atomic E-state index is -4.71. The normalized spacial score (nSPS) is 11.6. The molecule has 0 spiro atoms. The summed E-state index contributed by atoms with van der Waals surface area (Å²) in [5, 5.41) is 0. The lowest BCUT2D eigenvalue weighted by molar-refractivity contribution is -0.189. The van der Waals surface area contributed by atoms with Crippen LogP contribution >= 0.6 is 0 Å². The van der Waals surface area contributed by atoms with Crippen LogP contribution < -0.4 is 4.74 Å². The van der Waals surface area contributed by atoms with Crippen molar-refractivity contribution in [1.82, 2.24) is 0 Å². The maximum absolute atomic E-state index is 14.3. The predicted octanol–water partition coefficient (Wildman–Crippen LogP) is 6.62. The molecule has 0 fully saturated rings. The Hall–Kier alpha value is -3.10. The van der Waals surface area contributed by atoms with Gasteiger partial charge in [0, 0.05) is 17.7 Å². The van der Waals surface area contributed by atoms with Crippen LogP contribution in [-0.4, -0.2) is 0 Å². The van der Waals surface area contributed by atoms with Gasteiger partial charge in [0.25, 0.3) is 0 Å². The molecule has 0 radical (unpaired) electrons. The molecule has 3 aromatic rings. The highest BCUT2D eigenvalue weighted by Crippen LogP contribution is 2.38. The number of alkyl halides is 2. The van der Waals surface area contributed by atoms with Gasteiger partial charge in [-0.15, -0.1) is 0 Å². The largest absolute Gasteiger partial charge is 0.432 e. The van der Waals surface area contributed by atoms with Crippen molar-refractivity contribution in [3.05, 3.63) is 88.5 Å². The molecule has 0 bridgehead atoms. The standard InChI is InChI=1S/C20H10F8O/c1-9-2-3-12(13(21)4-9)10-5-14(22)18(15(23)6-10)20(27,28)29-11-7-16(24)19(26)17(25)8-11/h2-8H,1H3. The minimum Gasteiger partial charge on any atom is -0.429 e. The van der Waals surface area contributed by atoms with Crippen molar-refractivity contribution in [2.45, 2.75) is 13.0 Å². The van der Waals surface area contributed by atoms with Crippen LogP contribution in [0.1, 0.15) is 11.1 Å². The fraction of sp³-hybridized carbons (Fsp3) is 0.100. The van der Waals surface area contributed by atoms with Gasteiger partial charge in [-0.25, -0.2) is 26.3 Å². The molecule has 0 N–H and O–H groups in total. The van der Waals surface area contributed by atoms with Crippen molar-refractivity contribution in [1.29, 1.82) is 0 Å². The van der Waals surface area contributed by atoms with E-state index in [0.717, 1.165) is 6.07 Å². The first-order valence-corrected chi connectivity index (χ1v) is 7.97. The molecule has 0 unspecified atom stereocenters. The number of benzene rings is 3. The second kappa shape index (κ2) is 7.38. The monoisotopic (exact) mass is 418 g/mol. The Bertz CT molecular complexity index is 1050. The molecule has 0 atom stereocenters. The number of hydrogen-bond acceptors (Lipinski definition) is 1. The van der Waals surface area contributed by atoms with E-state index in [2.05, 4.69) is 4.74 Å². The Morgan fingerprint density at radius 1 is 0.690 bits per heavy atom. The summed E-state index contributed by atoms with van der Waals surface area (Å²) in [6.07, 6.45) is -4.71. The van der Waals surface area contributed by atoms with E-state index < -0.39 is 52.3 Å². The first-order valence-electron chi connectivity index (χ1n) is 7.97. The molecule has 152 valence electrons. The third-order valence-corrected chi connectivity index (χ3v) is 3.97. The van der Waals surface area contributed by atoms with Gasteiger partial charge in [-0.3, -0.25) is 0 Å². The summed E-state index contributed by atoms with van der Waals surface area (Å²) in [5.41, 5.74) is -1.91. The third kappa shape index (κ3) is 4.03. The van der Waals surface area contributed by atoms with Gasteiger partial charge >= 0.3 is 6.11 Å². The Kier molecular flexibility index (Phi) is 5.25. The lowest BCUT2D eigenvalue weighted by Crippen LogP contribution is -2.25. The zero-order valence-corrected chi connectivity index (χ0v) is 14.5. The summed E-state index contributed by atoms with van der Waals surface area (Å²) < 4.78 is 114. The number of aryl methyl sites for hydroxylation is 1. The quantitative estimate of drug-likeness (QED) is 0.342. The summed E-state index contributed by atoms with van der Waals surface area (Å²) in [7, 11) is 0. The van der Waals surface area contributed by atoms with Crippen LogP contribution in [0.3, 0.4) is 0 Å². The molecule has 3 rings (SSSR count). The predicted molar refractivity (Wildman–Crippen MR) is 87.3 cm³/mol. The van der Waals surface area contributed by atoms with E-state index in [1.54, 1.807) is 6.92 Å². The maximum Gasteiger partial charge on any atom is 0.432 e. The van der Waals surface area contributed by atoms with Crippen molar-refractivity contribution in [2.24, 2.45) is 0 Å². The van der Waals surface area contributed by atoms with E-state index >= 15 is 0 Å². The number of halogens is 8. The van der Waals surface area contributed by atoms with Gasteiger partial charge in [0.1, 0.15) is 28.8 Å². The minimum absolute atomic E-state index is 0.0954. The van der Waals surface area contributed by atoms with Crippen molar-refractivity contribution in [2.75, 3.05) is 0 Å². The zero-order valence-electron chi connectivity index (χ0n) is 14.5. The second-order valence-corrected chi connectivity index (χ2v) is 6.12. The van der Waals surface area contributed by atoms with Gasteiger partial charge in [-0.2, -0.15) is 8.78 Å². The molecule has 0 saturated carbocycles. The molecular weight excluding hydrogens is 408 g/mol. The smallest absolute Gasteiger partial charge is 0.429 e. The van der Waals surface area contributed by atoms with E-state index in [0.29, 0.717) is 17.7 Å². The van der Waals surface area contributed by atoms with E-state index in [9.17, 15) is 35.1 Å². The van der Waals surface area contributed by atoms with Crippen molar-refractivity contribution < 1.29 is 39.9 Å². The average molecular weight is 418 g/mol. The van der Waals surface area contributed by atoms with Crippen LogP contribution in [-0.2, 0) is 6.11 Å². The third-order valence-electron chi connectivity index (χ3n) is 3.97. The highest BCUT2D eigenvalue weighted by molar-refractivity contribution is 5.65. The summed E-state index contributed by atoms with van der Waals surface area (Å²) in [5.74, 6) is -11.2. The zero-order chi connectivity index (χ0) is 21.5. The highest BCUT2D eigenvalue weighted by Gasteiger charge is 2.41. The summed E-state index contributed by atoms with van der Waals surface area (Å²) in [4.78, 5) is 0. The van der Waals surface area contributed by atoms with Crippen LogP contribution in [0.5, 0.6) is 5.75 Å². The fourth-order valence-electron chi connectivity index (χ4n) is 2.65. The second-order valence-electron chi connectivity index (χ2n) is 6.12. The molecule has 0 aliphatic rings. The van der Waals surface area contributed by atoms with Crippen LogP contribution in [0.15, 0.2) is 42.5 Å². The molecule has 29 heavy (non-hydrogen) atoms. The molecule has 9 heteroatoms. The molecule has 0 heterocycles. The highest BCUT2D eigenvalue weighted by atomic mass is 19.3. The van der Waals surface area contributed by atoms with E-state index in [1.165, 1.54) is 12.1 Å². The van der Waals surface area contributed by atoms with Crippen molar-refractivity contribution in [3.8, 4) is 16.9 Å². The Balaban J connectivity index is 2.02. The molecule has 3 aromatic carbocycles. The molecule has 1 nitrogen and oxygen atoms in total. The lowest BCUT2D eigenvalue weighted by Gasteiger charge is -2.20. The maximum atomic E-state index is 14.3. The van der Waals surface area contributed by atoms with E-state index in [-0.39, 0.29) is 23.3 Å². The molecular formula is C20H10F8O. The Labute approximate surface area is 159 Å². The Morgan fingerprint density at radius 3 is 1.76 bits per heavy atom. The van der Waals surface area contributed by atoms with Gasteiger partial charge in [0.2, 0.25) is 0 Å². The fourth-order valence-corrected chi connectivity index (χ4v) is 2.65. The molecule has 0 aromatic heterocycles. The molecule has 0 saturated heterocycles. The van der Waals surface area contributed by atoms with Gasteiger partial charge in [-0.1, -0.05) is 12.1 Å². The lowest BCUT2D eigenvalue weighted by atomic mass is 10.0. The first-order chi connectivity index (χ1) is 13.5. The van der Waals surface area contributed by atoms with Crippen LogP contribution in [0.4, 0.5) is 35.1 Å². The van der Waals surface area contributed by atoms with Crippen LogP contribution in [0.2, 0.25) is 0 Å². The van der Waals surface area contributed by atoms with Gasteiger partial charge in [-0.05, 0) is 36.2 Å². The van der Waals surface area contributed by atoms with Crippen molar-refractivity contribution >= 4 is 0 Å². The number of rotatable bonds is 4. The SMILES string of the molecule is Cc1ccc(-c2cc(F)c(C(F)(F)Oc3cc(F)c(F)c(F)c3)c(F)c2)c(F)c1. The number of ether oxygens (including phenoxy) is 1. The van der Waals surface area contributed by atoms with E-state index in [1.807, 2.05) is 0 Å². The molecule has 0 amide bonds. The number of hydrogen-bond donors (Lipinski definition) is 0. The van der Waals surface area contributed by atoms with Gasteiger partial charge in [0.15, 0.2) is 17.5 Å². The molecule has 0 aliphatic heterocycles. The Morgan fingerprint density at radius 2 is 1.24 bits per heavy atom. The van der Waals surface area contributed by atoms with Gasteiger partial charge in [0.05, 0.1) is 0 Å². The van der Waals surface area contributed by atoms with Crippen molar-refractivity contribution in [3.63, 3.8) is 0 Å². The summed E-state index contributed by atoms with van der Waals surface area (Å²) in [6, 6.07) is 4.89. The summed E-state index contributed by atoms with van der Waals surface area (Å²) in [6.45, 7) is 1.58. The van der Waals surface area contributed by atoms with Crippen LogP contribution in [0, 0.1) is 41.8 Å². The van der Waals surface area contributed by atoms with Crippen LogP contribution in [0.25, 0.3) is 11.1 Å². The average Bonchev–Trinajstić information content (AvgIpc) is 2.58. The molecule has 0 aliphatic carbocycles. The topological polar surface area (TPSA) is 9.23 Å². The van der Waals surface area contributed by atoms with E-state index in [4.69, 9.17) is 0 Å². The first kappa shape index (κ1) is 20.6. The summed E-state index contributed by atoms with van der Waals surface area (Å²) >= 11 is 0.